The predicted octanol–water partition coefficient (Wildman–Crippen LogP) is 1.94. The Morgan fingerprint density at radius 1 is 1.02 bits per heavy atom. The minimum atomic E-state index is -0.102. The van der Waals surface area contributed by atoms with Crippen LogP contribution in [0.15, 0.2) is 60.2 Å². The van der Waals surface area contributed by atoms with Crippen molar-refractivity contribution >= 4 is 32.5 Å². The van der Waals surface area contributed by atoms with Crippen LogP contribution in [0.25, 0.3) is 0 Å². The molecule has 0 radical (unpaired) electrons. The monoisotopic (exact) mass is 636 g/mol. The van der Waals surface area contributed by atoms with Crippen LogP contribution in [0.1, 0.15) is 27.9 Å². The van der Waals surface area contributed by atoms with Crippen LogP contribution in [-0.4, -0.2) is 121 Å². The number of piperazine rings is 1. The van der Waals surface area contributed by atoms with Gasteiger partial charge in [-0.25, -0.2) is 4.99 Å². The zero-order valence-corrected chi connectivity index (χ0v) is 27.7. The van der Waals surface area contributed by atoms with Gasteiger partial charge in [-0.3, -0.25) is 9.69 Å². The van der Waals surface area contributed by atoms with Crippen molar-refractivity contribution in [2.75, 3.05) is 104 Å². The molecule has 3 rings (SSSR count). The number of aliphatic imine (C=N–C) groups is 1. The molecule has 2 aromatic rings. The normalized spacial score (nSPS) is 13.4. The van der Waals surface area contributed by atoms with Gasteiger partial charge in [-0.05, 0) is 42.1 Å². The Bertz CT molecular complexity index is 1260. The second-order valence-corrected chi connectivity index (χ2v) is 11.3. The number of rotatable bonds is 19. The van der Waals surface area contributed by atoms with E-state index in [1.54, 1.807) is 6.34 Å². The van der Waals surface area contributed by atoms with Crippen LogP contribution in [-0.2, 0) is 14.2 Å². The predicted molar refractivity (Wildman–Crippen MR) is 187 cm³/mol. The van der Waals surface area contributed by atoms with E-state index in [0.717, 1.165) is 67.8 Å². The van der Waals surface area contributed by atoms with Gasteiger partial charge in [-0.15, -0.1) is 9.24 Å². The number of amides is 1. The maximum atomic E-state index is 13.0. The minimum absolute atomic E-state index is 0.102. The Morgan fingerprint density at radius 2 is 1.71 bits per heavy atom. The highest BCUT2D eigenvalue weighted by atomic mass is 31.0. The molecule has 1 atom stereocenters. The van der Waals surface area contributed by atoms with E-state index >= 15 is 0 Å². The number of benzene rings is 2. The van der Waals surface area contributed by atoms with Gasteiger partial charge in [0, 0.05) is 82.3 Å². The lowest BCUT2D eigenvalue weighted by molar-refractivity contribution is 0.0116. The van der Waals surface area contributed by atoms with Crippen molar-refractivity contribution in [2.45, 2.75) is 6.42 Å². The van der Waals surface area contributed by atoms with E-state index < -0.39 is 0 Å². The van der Waals surface area contributed by atoms with Crippen LogP contribution >= 0.6 is 9.24 Å². The largest absolute Gasteiger partial charge is 0.378 e. The van der Waals surface area contributed by atoms with E-state index in [9.17, 15) is 4.79 Å². The molecule has 11 heteroatoms. The smallest absolute Gasteiger partial charge is 0.251 e. The number of nitrogens with one attached hydrogen (secondary N) is 1. The highest BCUT2D eigenvalue weighted by Crippen LogP contribution is 2.23. The quantitative estimate of drug-likeness (QED) is 0.0793. The Labute approximate surface area is 271 Å². The highest BCUT2D eigenvalue weighted by Gasteiger charge is 2.20. The third kappa shape index (κ3) is 14.1. The van der Waals surface area contributed by atoms with Crippen LogP contribution in [0, 0.1) is 11.8 Å². The first kappa shape index (κ1) is 36.2. The number of ether oxygens (including phenoxy) is 3. The highest BCUT2D eigenvalue weighted by molar-refractivity contribution is 7.27. The van der Waals surface area contributed by atoms with Gasteiger partial charge >= 0.3 is 0 Å². The van der Waals surface area contributed by atoms with Crippen LogP contribution in [0.5, 0.6) is 0 Å². The van der Waals surface area contributed by atoms with Crippen molar-refractivity contribution in [1.82, 2.24) is 15.1 Å². The van der Waals surface area contributed by atoms with Gasteiger partial charge in [-0.1, -0.05) is 30.6 Å². The lowest BCUT2D eigenvalue weighted by atomic mass is 10.1. The summed E-state index contributed by atoms with van der Waals surface area (Å²) in [6.07, 6.45) is 4.02. The topological polar surface area (TPSA) is 105 Å². The summed E-state index contributed by atoms with van der Waals surface area (Å²) in [7, 11) is 4.64. The number of nitrogens with zero attached hydrogens (tertiary/aromatic N) is 4. The van der Waals surface area contributed by atoms with Gasteiger partial charge in [0.2, 0.25) is 0 Å². The first-order valence-electron chi connectivity index (χ1n) is 15.5. The molecule has 1 amide bonds. The number of anilines is 1. The average Bonchev–Trinajstić information content (AvgIpc) is 3.06. The van der Waals surface area contributed by atoms with Crippen LogP contribution < -0.4 is 21.3 Å². The Kier molecular flexibility index (Phi) is 17.2. The van der Waals surface area contributed by atoms with Gasteiger partial charge in [0.1, 0.15) is 0 Å². The van der Waals surface area contributed by atoms with E-state index in [4.69, 9.17) is 19.9 Å². The lowest BCUT2D eigenvalue weighted by Crippen LogP contribution is -2.47. The van der Waals surface area contributed by atoms with Crippen LogP contribution in [0.3, 0.4) is 0 Å². The molecule has 1 saturated heterocycles. The summed E-state index contributed by atoms with van der Waals surface area (Å²) in [5.74, 6) is 6.55. The molecular formula is C34H49N6O4P. The Hall–Kier alpha value is -3.29. The maximum absolute atomic E-state index is 13.0. The van der Waals surface area contributed by atoms with Crippen molar-refractivity contribution in [1.29, 1.82) is 0 Å². The zero-order valence-electron chi connectivity index (χ0n) is 26.6. The fourth-order valence-electron chi connectivity index (χ4n) is 4.64. The zero-order chi connectivity index (χ0) is 32.1. The molecule has 0 aromatic heterocycles. The van der Waals surface area contributed by atoms with Gasteiger partial charge in [0.05, 0.1) is 51.7 Å². The molecule has 1 aliphatic rings. The molecule has 0 saturated carbocycles. The van der Waals surface area contributed by atoms with Crippen molar-refractivity contribution in [2.24, 2.45) is 10.7 Å². The van der Waals surface area contributed by atoms with Crippen molar-refractivity contribution in [3.05, 3.63) is 71.9 Å². The van der Waals surface area contributed by atoms with Gasteiger partial charge in [0.15, 0.2) is 0 Å². The third-order valence-electron chi connectivity index (χ3n) is 7.12. The van der Waals surface area contributed by atoms with E-state index in [2.05, 4.69) is 47.8 Å². The maximum Gasteiger partial charge on any atom is 0.251 e. The molecule has 10 nitrogen and oxygen atoms in total. The molecule has 45 heavy (non-hydrogen) atoms. The molecule has 0 aliphatic carbocycles. The van der Waals surface area contributed by atoms with Crippen molar-refractivity contribution in [3.8, 4) is 11.8 Å². The van der Waals surface area contributed by atoms with Gasteiger partial charge in [-0.2, -0.15) is 0 Å². The summed E-state index contributed by atoms with van der Waals surface area (Å²) in [5, 5.41) is 4.15. The number of nitrogens with two attached hydrogens (primary N) is 1. The van der Waals surface area contributed by atoms with Crippen molar-refractivity contribution in [3.63, 3.8) is 0 Å². The second kappa shape index (κ2) is 21.4. The SMILES string of the molecule is C=C/N=C\N(C)CCCNC(=O)c1ccc(N2CCN(CCOCCOCCOCCN)CC2)c(C#Cc2ccc(P)cc2)c1. The van der Waals surface area contributed by atoms with E-state index in [-0.39, 0.29) is 5.91 Å². The summed E-state index contributed by atoms with van der Waals surface area (Å²) in [6.45, 7) is 13.4. The molecule has 3 N–H and O–H groups in total. The molecule has 244 valence electrons. The van der Waals surface area contributed by atoms with E-state index in [0.29, 0.717) is 58.3 Å². The number of carbonyl (C=O) groups is 1. The first-order chi connectivity index (χ1) is 22.0. The fraction of sp³-hybridized carbons (Fsp3) is 0.471. The van der Waals surface area contributed by atoms with Crippen LogP contribution in [0.2, 0.25) is 0 Å². The minimum Gasteiger partial charge on any atom is -0.378 e. The Balaban J connectivity index is 1.53. The van der Waals surface area contributed by atoms with Gasteiger partial charge in [0.25, 0.3) is 5.91 Å². The summed E-state index contributed by atoms with van der Waals surface area (Å²) in [5.41, 5.74) is 8.83. The molecule has 2 aromatic carbocycles. The third-order valence-corrected chi connectivity index (χ3v) is 7.51. The number of carbonyl (C=O) groups excluding carboxylic acids is 1. The molecule has 1 fully saturated rings. The van der Waals surface area contributed by atoms with Gasteiger partial charge < -0.3 is 35.1 Å². The lowest BCUT2D eigenvalue weighted by Gasteiger charge is -2.36. The van der Waals surface area contributed by atoms with Crippen LogP contribution in [0.4, 0.5) is 5.69 Å². The van der Waals surface area contributed by atoms with E-state index in [1.807, 2.05) is 54.4 Å². The number of hydrogen-bond donors (Lipinski definition) is 2. The Morgan fingerprint density at radius 3 is 2.40 bits per heavy atom. The van der Waals surface area contributed by atoms with Crippen molar-refractivity contribution < 1.29 is 19.0 Å². The molecular weight excluding hydrogens is 587 g/mol. The fourth-order valence-corrected chi connectivity index (χ4v) is 4.83. The summed E-state index contributed by atoms with van der Waals surface area (Å²) in [6, 6.07) is 13.9. The second-order valence-electron chi connectivity index (χ2n) is 10.6. The molecule has 1 unspecified atom stereocenters. The summed E-state index contributed by atoms with van der Waals surface area (Å²) >= 11 is 0. The van der Waals surface area contributed by atoms with E-state index in [1.165, 1.54) is 6.20 Å². The molecule has 1 aliphatic heterocycles. The standard InChI is InChI=1S/C34H49N6O4P/c1-3-36-28-38(2)15-4-14-37-34(41)31-9-12-33(30(27-31)8-5-29-6-10-32(45)11-7-29)40-18-16-39(17-19-40)20-22-43-24-26-44-25-23-42-21-13-35/h3,6-7,9-12,27-28H,1,4,13-26,35,45H2,2H3,(H,37,41)/b36-28-. The molecule has 0 spiro atoms. The first-order valence-corrected chi connectivity index (χ1v) is 16.1. The summed E-state index contributed by atoms with van der Waals surface area (Å²) < 4.78 is 16.6. The summed E-state index contributed by atoms with van der Waals surface area (Å²) in [4.78, 5) is 23.8. The average molecular weight is 637 g/mol. The molecule has 0 bridgehead atoms. The molecule has 1 heterocycles. The number of hydrogen-bond acceptors (Lipinski definition) is 8.